The first-order valence-electron chi connectivity index (χ1n) is 10.6. The summed E-state index contributed by atoms with van der Waals surface area (Å²) in [5.41, 5.74) is 1.85. The van der Waals surface area contributed by atoms with Crippen LogP contribution in [-0.4, -0.2) is 41.1 Å². The fraction of sp³-hybridized carbons (Fsp3) is 0.240. The van der Waals surface area contributed by atoms with E-state index < -0.39 is 22.0 Å². The van der Waals surface area contributed by atoms with E-state index in [9.17, 15) is 13.2 Å². The first-order chi connectivity index (χ1) is 16.3. The third kappa shape index (κ3) is 6.96. The summed E-state index contributed by atoms with van der Waals surface area (Å²) < 4.78 is 38.9. The maximum absolute atomic E-state index is 13.0. The molecule has 0 heterocycles. The number of amides is 1. The number of hydrogen-bond donors (Lipinski definition) is 2. The highest BCUT2D eigenvalue weighted by Crippen LogP contribution is 2.27. The molecule has 180 valence electrons. The first-order valence-corrected chi connectivity index (χ1v) is 12.5. The van der Waals surface area contributed by atoms with Gasteiger partial charge in [0.05, 0.1) is 24.1 Å². The topological polar surface area (TPSA) is 93.7 Å². The molecule has 1 amide bonds. The molecule has 3 aromatic carbocycles. The number of ether oxygens (including phenoxy) is 2. The number of nitrogens with one attached hydrogen (secondary N) is 2. The summed E-state index contributed by atoms with van der Waals surface area (Å²) in [4.78, 5) is 13.0. The zero-order valence-electron chi connectivity index (χ0n) is 19.0. The van der Waals surface area contributed by atoms with Crippen molar-refractivity contribution < 1.29 is 22.7 Å². The van der Waals surface area contributed by atoms with E-state index in [1.807, 2.05) is 54.6 Å². The second-order valence-electron chi connectivity index (χ2n) is 7.55. The summed E-state index contributed by atoms with van der Waals surface area (Å²) in [6.07, 6.45) is 0.785. The number of sulfonamides is 1. The molecule has 0 bridgehead atoms. The predicted octanol–water partition coefficient (Wildman–Crippen LogP) is 3.61. The van der Waals surface area contributed by atoms with Crippen LogP contribution in [0.1, 0.15) is 11.1 Å². The standard InChI is InChI=1S/C25H27ClN2O5S/c1-32-20-10-8-18(9-11-20)14-15-27-25(29)23(16-19-6-4-3-5-7-19)28-34(30,31)21-12-13-24(33-2)22(26)17-21/h3-13,17,23,28H,14-16H2,1-2H3,(H,27,29)/t23-/m1/s1. The molecule has 0 aliphatic carbocycles. The van der Waals surface area contributed by atoms with Crippen molar-refractivity contribution in [1.82, 2.24) is 10.0 Å². The van der Waals surface area contributed by atoms with Gasteiger partial charge in [0.2, 0.25) is 15.9 Å². The van der Waals surface area contributed by atoms with Crippen molar-refractivity contribution in [2.45, 2.75) is 23.8 Å². The van der Waals surface area contributed by atoms with Gasteiger partial charge in [-0.2, -0.15) is 4.72 Å². The van der Waals surface area contributed by atoms with Crippen LogP contribution in [0.2, 0.25) is 5.02 Å². The van der Waals surface area contributed by atoms with E-state index in [0.717, 1.165) is 16.9 Å². The van der Waals surface area contributed by atoms with Crippen molar-refractivity contribution in [3.05, 3.63) is 88.9 Å². The molecule has 0 spiro atoms. The maximum Gasteiger partial charge on any atom is 0.241 e. The molecule has 0 aliphatic rings. The molecule has 0 aliphatic heterocycles. The van der Waals surface area contributed by atoms with Crippen molar-refractivity contribution >= 4 is 27.5 Å². The Morgan fingerprint density at radius 3 is 2.26 bits per heavy atom. The lowest BCUT2D eigenvalue weighted by molar-refractivity contribution is -0.122. The maximum atomic E-state index is 13.0. The lowest BCUT2D eigenvalue weighted by Gasteiger charge is -2.19. The molecule has 2 N–H and O–H groups in total. The lowest BCUT2D eigenvalue weighted by Crippen LogP contribution is -2.48. The van der Waals surface area contributed by atoms with Gasteiger partial charge in [-0.15, -0.1) is 0 Å². The van der Waals surface area contributed by atoms with Gasteiger partial charge in [0.25, 0.3) is 0 Å². The van der Waals surface area contributed by atoms with E-state index in [0.29, 0.717) is 18.7 Å². The van der Waals surface area contributed by atoms with E-state index in [2.05, 4.69) is 10.0 Å². The summed E-state index contributed by atoms with van der Waals surface area (Å²) in [5, 5.41) is 3.00. The lowest BCUT2D eigenvalue weighted by atomic mass is 10.1. The van der Waals surface area contributed by atoms with E-state index >= 15 is 0 Å². The third-order valence-electron chi connectivity index (χ3n) is 5.20. The molecule has 0 radical (unpaired) electrons. The van der Waals surface area contributed by atoms with Gasteiger partial charge in [-0.3, -0.25) is 4.79 Å². The number of hydrogen-bond acceptors (Lipinski definition) is 5. The molecule has 0 saturated carbocycles. The Morgan fingerprint density at radius 1 is 0.941 bits per heavy atom. The molecule has 34 heavy (non-hydrogen) atoms. The summed E-state index contributed by atoms with van der Waals surface area (Å²) in [6.45, 7) is 0.354. The highest BCUT2D eigenvalue weighted by molar-refractivity contribution is 7.89. The Balaban J connectivity index is 1.73. The average molecular weight is 503 g/mol. The van der Waals surface area contributed by atoms with Crippen LogP contribution in [0.3, 0.4) is 0 Å². The van der Waals surface area contributed by atoms with Crippen LogP contribution in [0.15, 0.2) is 77.7 Å². The molecule has 3 rings (SSSR count). The van der Waals surface area contributed by atoms with Crippen molar-refractivity contribution in [3.63, 3.8) is 0 Å². The number of rotatable bonds is 11. The predicted molar refractivity (Wildman–Crippen MR) is 132 cm³/mol. The third-order valence-corrected chi connectivity index (χ3v) is 6.97. The van der Waals surface area contributed by atoms with Gasteiger partial charge in [-0.25, -0.2) is 8.42 Å². The molecule has 3 aromatic rings. The summed E-state index contributed by atoms with van der Waals surface area (Å²) in [5.74, 6) is 0.696. The summed E-state index contributed by atoms with van der Waals surface area (Å²) >= 11 is 6.11. The van der Waals surface area contributed by atoms with Crippen LogP contribution in [0.5, 0.6) is 11.5 Å². The zero-order chi connectivity index (χ0) is 24.6. The van der Waals surface area contributed by atoms with E-state index in [4.69, 9.17) is 21.1 Å². The Hall–Kier alpha value is -3.07. The molecule has 0 unspecified atom stereocenters. The normalized spacial score (nSPS) is 12.1. The second kappa shape index (κ2) is 11.9. The SMILES string of the molecule is COc1ccc(CCNC(=O)[C@@H](Cc2ccccc2)NS(=O)(=O)c2ccc(OC)c(Cl)c2)cc1. The van der Waals surface area contributed by atoms with Gasteiger partial charge in [-0.1, -0.05) is 54.1 Å². The second-order valence-corrected chi connectivity index (χ2v) is 9.67. The Bertz CT molecular complexity index is 1200. The zero-order valence-corrected chi connectivity index (χ0v) is 20.5. The molecule has 0 saturated heterocycles. The van der Waals surface area contributed by atoms with E-state index in [1.165, 1.54) is 25.3 Å². The fourth-order valence-corrected chi connectivity index (χ4v) is 4.90. The highest BCUT2D eigenvalue weighted by Gasteiger charge is 2.26. The number of halogens is 1. The van der Waals surface area contributed by atoms with Gasteiger partial charge in [-0.05, 0) is 54.3 Å². The van der Waals surface area contributed by atoms with Crippen LogP contribution in [-0.2, 0) is 27.7 Å². The smallest absolute Gasteiger partial charge is 0.241 e. The van der Waals surface area contributed by atoms with Crippen LogP contribution >= 0.6 is 11.6 Å². The number of carbonyl (C=O) groups excluding carboxylic acids is 1. The molecular formula is C25H27ClN2O5S. The monoisotopic (exact) mass is 502 g/mol. The van der Waals surface area contributed by atoms with Crippen molar-refractivity contribution in [1.29, 1.82) is 0 Å². The van der Waals surface area contributed by atoms with Gasteiger partial charge >= 0.3 is 0 Å². The van der Waals surface area contributed by atoms with E-state index in [-0.39, 0.29) is 16.3 Å². The van der Waals surface area contributed by atoms with Gasteiger partial charge in [0.1, 0.15) is 17.5 Å². The largest absolute Gasteiger partial charge is 0.497 e. The summed E-state index contributed by atoms with van der Waals surface area (Å²) in [7, 11) is -0.977. The van der Waals surface area contributed by atoms with Crippen molar-refractivity contribution in [2.75, 3.05) is 20.8 Å². The quantitative estimate of drug-likeness (QED) is 0.418. The van der Waals surface area contributed by atoms with Crippen LogP contribution in [0, 0.1) is 0 Å². The number of carbonyl (C=O) groups is 1. The van der Waals surface area contributed by atoms with Crippen molar-refractivity contribution in [2.24, 2.45) is 0 Å². The molecule has 1 atom stereocenters. The minimum atomic E-state index is -4.02. The Kier molecular flexibility index (Phi) is 8.92. The molecule has 9 heteroatoms. The first kappa shape index (κ1) is 25.6. The van der Waals surface area contributed by atoms with Gasteiger partial charge < -0.3 is 14.8 Å². The number of benzene rings is 3. The van der Waals surface area contributed by atoms with Gasteiger partial charge in [0, 0.05) is 6.54 Å². The minimum Gasteiger partial charge on any atom is -0.497 e. The summed E-state index contributed by atoms with van der Waals surface area (Å²) in [6, 6.07) is 19.9. The molecule has 7 nitrogen and oxygen atoms in total. The molecular weight excluding hydrogens is 476 g/mol. The van der Waals surface area contributed by atoms with E-state index in [1.54, 1.807) is 7.11 Å². The molecule has 0 fully saturated rings. The van der Waals surface area contributed by atoms with Crippen LogP contribution in [0.25, 0.3) is 0 Å². The fourth-order valence-electron chi connectivity index (χ4n) is 3.35. The van der Waals surface area contributed by atoms with Crippen LogP contribution < -0.4 is 19.5 Å². The highest BCUT2D eigenvalue weighted by atomic mass is 35.5. The van der Waals surface area contributed by atoms with Crippen molar-refractivity contribution in [3.8, 4) is 11.5 Å². The average Bonchev–Trinajstić information content (AvgIpc) is 2.84. The minimum absolute atomic E-state index is 0.0533. The Morgan fingerprint density at radius 2 is 1.65 bits per heavy atom. The molecule has 0 aromatic heterocycles. The van der Waals surface area contributed by atoms with Crippen LogP contribution in [0.4, 0.5) is 0 Å². The Labute approximate surface area is 205 Å². The van der Waals surface area contributed by atoms with Gasteiger partial charge in [0.15, 0.2) is 0 Å². The number of methoxy groups -OCH3 is 2.